The number of esters is 2. The first kappa shape index (κ1) is 24.0. The monoisotopic (exact) mass is 490 g/mol. The highest BCUT2D eigenvalue weighted by atomic mass is 35.5. The first-order chi connectivity index (χ1) is 17.0. The molecule has 8 heteroatoms. The normalized spacial score (nSPS) is 11.6. The van der Waals surface area contributed by atoms with Crippen LogP contribution in [0.5, 0.6) is 0 Å². The van der Waals surface area contributed by atoms with Gasteiger partial charge in [-0.2, -0.15) is 0 Å². The minimum Gasteiger partial charge on any atom is -0.465 e. The second-order valence-corrected chi connectivity index (χ2v) is 8.27. The third kappa shape index (κ3) is 5.70. The van der Waals surface area contributed by atoms with Crippen molar-refractivity contribution in [1.82, 2.24) is 10.3 Å². The number of para-hydroxylation sites is 1. The Morgan fingerprint density at radius 1 is 0.971 bits per heavy atom. The van der Waals surface area contributed by atoms with Crippen molar-refractivity contribution in [3.8, 4) is 0 Å². The zero-order chi connectivity index (χ0) is 24.8. The number of methoxy groups -OCH3 is 1. The van der Waals surface area contributed by atoms with Gasteiger partial charge in [0, 0.05) is 23.5 Å². The Balaban J connectivity index is 1.52. The third-order valence-corrected chi connectivity index (χ3v) is 5.89. The molecule has 7 nitrogen and oxygen atoms in total. The van der Waals surface area contributed by atoms with Crippen molar-refractivity contribution in [2.24, 2.45) is 0 Å². The van der Waals surface area contributed by atoms with E-state index in [1.54, 1.807) is 48.5 Å². The number of fused-ring (bicyclic) bond motifs is 1. The summed E-state index contributed by atoms with van der Waals surface area (Å²) in [6.45, 7) is -0.0212. The molecule has 0 aliphatic carbocycles. The fraction of sp³-hybridized carbons (Fsp3) is 0.148. The molecule has 0 radical (unpaired) electrons. The molecule has 0 fully saturated rings. The van der Waals surface area contributed by atoms with Crippen LogP contribution in [-0.2, 0) is 27.3 Å². The van der Waals surface area contributed by atoms with Gasteiger partial charge in [-0.3, -0.25) is 4.79 Å². The molecule has 0 unspecified atom stereocenters. The SMILES string of the molecule is COC(=O)c1ccc(COC(=O)[C@H](Cc2c[nH]c3ccccc23)NC(=O)c2ccccc2Cl)cc1. The number of aromatic nitrogens is 1. The van der Waals surface area contributed by atoms with Crippen LogP contribution in [0.25, 0.3) is 10.9 Å². The number of nitrogens with one attached hydrogen (secondary N) is 2. The molecule has 178 valence electrons. The standard InChI is InChI=1S/C27H23ClN2O5/c1-34-26(32)18-12-10-17(11-13-18)16-35-27(33)24(30-25(31)21-7-2-4-8-22(21)28)14-19-15-29-23-9-5-3-6-20(19)23/h2-13,15,24,29H,14,16H2,1H3,(H,30,31)/t24-/m0/s1. The summed E-state index contributed by atoms with van der Waals surface area (Å²) in [6, 6.07) is 19.9. The summed E-state index contributed by atoms with van der Waals surface area (Å²) in [4.78, 5) is 40.8. The molecule has 0 saturated heterocycles. The van der Waals surface area contributed by atoms with Crippen molar-refractivity contribution in [3.63, 3.8) is 0 Å². The molecule has 1 heterocycles. The van der Waals surface area contributed by atoms with Gasteiger partial charge in [-0.25, -0.2) is 9.59 Å². The van der Waals surface area contributed by atoms with Crippen LogP contribution in [0.15, 0.2) is 79.0 Å². The Morgan fingerprint density at radius 2 is 1.69 bits per heavy atom. The van der Waals surface area contributed by atoms with Crippen molar-refractivity contribution >= 4 is 40.3 Å². The maximum atomic E-state index is 13.1. The summed E-state index contributed by atoms with van der Waals surface area (Å²) in [5.74, 6) is -1.51. The lowest BCUT2D eigenvalue weighted by Gasteiger charge is -2.18. The molecule has 0 bridgehead atoms. The predicted molar refractivity (Wildman–Crippen MR) is 132 cm³/mol. The summed E-state index contributed by atoms with van der Waals surface area (Å²) in [6.07, 6.45) is 2.04. The van der Waals surface area contributed by atoms with E-state index in [2.05, 4.69) is 10.3 Å². The van der Waals surface area contributed by atoms with E-state index in [1.165, 1.54) is 7.11 Å². The molecule has 0 spiro atoms. The molecular formula is C27H23ClN2O5. The van der Waals surface area contributed by atoms with Gasteiger partial charge in [-0.15, -0.1) is 0 Å². The second-order valence-electron chi connectivity index (χ2n) is 7.87. The number of H-pyrrole nitrogens is 1. The molecule has 0 aliphatic rings. The minimum atomic E-state index is -0.952. The van der Waals surface area contributed by atoms with Gasteiger partial charge in [0.25, 0.3) is 5.91 Å². The van der Waals surface area contributed by atoms with Gasteiger partial charge in [-0.05, 0) is 41.5 Å². The van der Waals surface area contributed by atoms with E-state index in [-0.39, 0.29) is 23.6 Å². The molecular weight excluding hydrogens is 468 g/mol. The van der Waals surface area contributed by atoms with Gasteiger partial charge in [0.2, 0.25) is 0 Å². The number of aromatic amines is 1. The Bertz CT molecular complexity index is 1360. The third-order valence-electron chi connectivity index (χ3n) is 5.56. The zero-order valence-electron chi connectivity index (χ0n) is 18.9. The van der Waals surface area contributed by atoms with Crippen LogP contribution in [0.3, 0.4) is 0 Å². The first-order valence-corrected chi connectivity index (χ1v) is 11.3. The van der Waals surface area contributed by atoms with Gasteiger partial charge in [0.15, 0.2) is 0 Å². The highest BCUT2D eigenvalue weighted by Gasteiger charge is 2.25. The van der Waals surface area contributed by atoms with E-state index >= 15 is 0 Å². The maximum absolute atomic E-state index is 13.1. The number of ether oxygens (including phenoxy) is 2. The number of halogens is 1. The van der Waals surface area contributed by atoms with Gasteiger partial charge >= 0.3 is 11.9 Å². The first-order valence-electron chi connectivity index (χ1n) is 10.9. The Labute approximate surface area is 207 Å². The van der Waals surface area contributed by atoms with Crippen LogP contribution >= 0.6 is 11.6 Å². The average molecular weight is 491 g/mol. The lowest BCUT2D eigenvalue weighted by Crippen LogP contribution is -2.43. The Morgan fingerprint density at radius 3 is 2.43 bits per heavy atom. The van der Waals surface area contributed by atoms with Crippen LogP contribution in [0, 0.1) is 0 Å². The van der Waals surface area contributed by atoms with E-state index < -0.39 is 23.9 Å². The highest BCUT2D eigenvalue weighted by molar-refractivity contribution is 6.33. The number of hydrogen-bond donors (Lipinski definition) is 2. The highest BCUT2D eigenvalue weighted by Crippen LogP contribution is 2.21. The largest absolute Gasteiger partial charge is 0.465 e. The number of carbonyl (C=O) groups is 3. The smallest absolute Gasteiger partial charge is 0.337 e. The molecule has 1 aromatic heterocycles. The Hall–Kier alpha value is -4.10. The van der Waals surface area contributed by atoms with E-state index in [4.69, 9.17) is 21.1 Å². The fourth-order valence-corrected chi connectivity index (χ4v) is 3.93. The van der Waals surface area contributed by atoms with Crippen LogP contribution in [0.4, 0.5) is 0 Å². The molecule has 4 aromatic rings. The van der Waals surface area contributed by atoms with Crippen LogP contribution < -0.4 is 5.32 Å². The van der Waals surface area contributed by atoms with Crippen molar-refractivity contribution in [2.75, 3.05) is 7.11 Å². The molecule has 3 aromatic carbocycles. The van der Waals surface area contributed by atoms with E-state index in [0.717, 1.165) is 16.5 Å². The quantitative estimate of drug-likeness (QED) is 0.349. The summed E-state index contributed by atoms with van der Waals surface area (Å²) in [7, 11) is 1.31. The number of hydrogen-bond acceptors (Lipinski definition) is 5. The Kier molecular flexibility index (Phi) is 7.48. The van der Waals surface area contributed by atoms with Crippen LogP contribution in [-0.4, -0.2) is 36.0 Å². The lowest BCUT2D eigenvalue weighted by molar-refractivity contribution is -0.147. The second kappa shape index (κ2) is 10.9. The fourth-order valence-electron chi connectivity index (χ4n) is 3.71. The lowest BCUT2D eigenvalue weighted by atomic mass is 10.0. The molecule has 1 atom stereocenters. The van der Waals surface area contributed by atoms with Crippen molar-refractivity contribution in [1.29, 1.82) is 0 Å². The average Bonchev–Trinajstić information content (AvgIpc) is 3.29. The van der Waals surface area contributed by atoms with Crippen LogP contribution in [0.2, 0.25) is 5.02 Å². The zero-order valence-corrected chi connectivity index (χ0v) is 19.7. The number of benzene rings is 3. The number of carbonyl (C=O) groups excluding carboxylic acids is 3. The van der Waals surface area contributed by atoms with Crippen molar-refractivity contribution in [3.05, 3.63) is 106 Å². The summed E-state index contributed by atoms with van der Waals surface area (Å²) in [5.41, 5.74) is 3.15. The van der Waals surface area contributed by atoms with Gasteiger partial charge in [-0.1, -0.05) is 54.1 Å². The van der Waals surface area contributed by atoms with Gasteiger partial charge < -0.3 is 19.8 Å². The van der Waals surface area contributed by atoms with E-state index in [9.17, 15) is 14.4 Å². The maximum Gasteiger partial charge on any atom is 0.337 e. The molecule has 1 amide bonds. The number of amides is 1. The summed E-state index contributed by atoms with van der Waals surface area (Å²) >= 11 is 6.17. The van der Waals surface area contributed by atoms with Gasteiger partial charge in [0.1, 0.15) is 12.6 Å². The van der Waals surface area contributed by atoms with E-state index in [1.807, 2.05) is 30.5 Å². The van der Waals surface area contributed by atoms with Crippen molar-refractivity contribution in [2.45, 2.75) is 19.1 Å². The van der Waals surface area contributed by atoms with Gasteiger partial charge in [0.05, 0.1) is 23.3 Å². The minimum absolute atomic E-state index is 0.0212. The molecule has 4 rings (SSSR count). The molecule has 35 heavy (non-hydrogen) atoms. The summed E-state index contributed by atoms with van der Waals surface area (Å²) in [5, 5.41) is 4.01. The molecule has 0 saturated carbocycles. The molecule has 0 aliphatic heterocycles. The number of rotatable bonds is 8. The van der Waals surface area contributed by atoms with E-state index in [0.29, 0.717) is 11.1 Å². The summed E-state index contributed by atoms with van der Waals surface area (Å²) < 4.78 is 10.2. The van der Waals surface area contributed by atoms with Crippen molar-refractivity contribution < 1.29 is 23.9 Å². The molecule has 2 N–H and O–H groups in total. The topological polar surface area (TPSA) is 97.5 Å². The van der Waals surface area contributed by atoms with Crippen LogP contribution in [0.1, 0.15) is 31.8 Å². The predicted octanol–water partition coefficient (Wildman–Crippen LogP) is 4.69.